The molecule has 1 atom stereocenters. The van der Waals surface area contributed by atoms with E-state index in [9.17, 15) is 0 Å². The van der Waals surface area contributed by atoms with E-state index in [1.54, 1.807) is 6.20 Å². The summed E-state index contributed by atoms with van der Waals surface area (Å²) in [5.74, 6) is 0. The van der Waals surface area contributed by atoms with Gasteiger partial charge in [-0.05, 0) is 25.0 Å². The topological polar surface area (TPSA) is 43.8 Å². The van der Waals surface area contributed by atoms with E-state index in [1.165, 1.54) is 16.5 Å². The number of nitrogens with two attached hydrogens (primary N) is 1. The lowest BCUT2D eigenvalue weighted by molar-refractivity contribution is 0.521. The Balaban J connectivity index is 2.66. The molecular formula is C11H15N3. The molecule has 2 aromatic rings. The van der Waals surface area contributed by atoms with Crippen molar-refractivity contribution in [1.82, 2.24) is 9.55 Å². The van der Waals surface area contributed by atoms with Crippen molar-refractivity contribution in [2.45, 2.75) is 26.4 Å². The first kappa shape index (κ1) is 9.21. The summed E-state index contributed by atoms with van der Waals surface area (Å²) in [6.07, 6.45) is 6.80. The van der Waals surface area contributed by atoms with Gasteiger partial charge in [0.1, 0.15) is 0 Å². The molecule has 0 fully saturated rings. The lowest BCUT2D eigenvalue weighted by Gasteiger charge is -2.12. The maximum absolute atomic E-state index is 6.02. The van der Waals surface area contributed by atoms with Gasteiger partial charge < -0.3 is 10.3 Å². The van der Waals surface area contributed by atoms with E-state index in [0.29, 0.717) is 0 Å². The zero-order valence-corrected chi connectivity index (χ0v) is 8.57. The third kappa shape index (κ3) is 1.30. The summed E-state index contributed by atoms with van der Waals surface area (Å²) in [6, 6.07) is 2.01. The third-order valence-electron chi connectivity index (χ3n) is 2.61. The first-order valence-corrected chi connectivity index (χ1v) is 4.90. The molecule has 2 N–H and O–H groups in total. The highest BCUT2D eigenvalue weighted by atomic mass is 15.1. The second-order valence-electron chi connectivity index (χ2n) is 3.59. The van der Waals surface area contributed by atoms with Crippen molar-refractivity contribution in [3.8, 4) is 0 Å². The Morgan fingerprint density at radius 3 is 3.07 bits per heavy atom. The predicted molar refractivity (Wildman–Crippen MR) is 58.0 cm³/mol. The molecular weight excluding hydrogens is 174 g/mol. The number of aryl methyl sites for hydroxylation is 1. The summed E-state index contributed by atoms with van der Waals surface area (Å²) in [5, 5.41) is 1.19. The van der Waals surface area contributed by atoms with E-state index in [0.717, 1.165) is 6.42 Å². The fourth-order valence-electron chi connectivity index (χ4n) is 1.73. The monoisotopic (exact) mass is 189 g/mol. The molecule has 14 heavy (non-hydrogen) atoms. The van der Waals surface area contributed by atoms with Gasteiger partial charge in [0.25, 0.3) is 0 Å². The molecule has 2 rings (SSSR count). The van der Waals surface area contributed by atoms with Gasteiger partial charge >= 0.3 is 0 Å². The minimum atomic E-state index is 0.0635. The largest absolute Gasteiger partial charge is 0.331 e. The van der Waals surface area contributed by atoms with Crippen LogP contribution in [0.15, 0.2) is 24.7 Å². The lowest BCUT2D eigenvalue weighted by atomic mass is 10.2. The van der Waals surface area contributed by atoms with Gasteiger partial charge in [0.15, 0.2) is 0 Å². The zero-order chi connectivity index (χ0) is 10.1. The van der Waals surface area contributed by atoms with Crippen LogP contribution in [0.4, 0.5) is 0 Å². The molecule has 0 spiro atoms. The van der Waals surface area contributed by atoms with E-state index in [1.807, 2.05) is 12.3 Å². The van der Waals surface area contributed by atoms with Gasteiger partial charge in [0.2, 0.25) is 0 Å². The summed E-state index contributed by atoms with van der Waals surface area (Å²) >= 11 is 0. The van der Waals surface area contributed by atoms with E-state index < -0.39 is 0 Å². The molecule has 3 nitrogen and oxygen atoms in total. The Labute approximate surface area is 83.6 Å². The van der Waals surface area contributed by atoms with Crippen LogP contribution in [0.5, 0.6) is 0 Å². The van der Waals surface area contributed by atoms with Crippen molar-refractivity contribution in [3.63, 3.8) is 0 Å². The molecule has 2 aromatic heterocycles. The number of aromatic nitrogens is 2. The summed E-state index contributed by atoms with van der Waals surface area (Å²) in [4.78, 5) is 4.12. The number of hydrogen-bond acceptors (Lipinski definition) is 2. The fraction of sp³-hybridized carbons (Fsp3) is 0.364. The van der Waals surface area contributed by atoms with Crippen LogP contribution < -0.4 is 5.73 Å². The number of hydrogen-bond donors (Lipinski definition) is 1. The van der Waals surface area contributed by atoms with Gasteiger partial charge in [0, 0.05) is 24.0 Å². The fourth-order valence-corrected chi connectivity index (χ4v) is 1.73. The van der Waals surface area contributed by atoms with Crippen LogP contribution in [-0.2, 0) is 0 Å². The zero-order valence-electron chi connectivity index (χ0n) is 8.57. The highest BCUT2D eigenvalue weighted by Crippen LogP contribution is 2.22. The second kappa shape index (κ2) is 3.42. The average Bonchev–Trinajstić information content (AvgIpc) is 2.56. The molecule has 0 saturated carbocycles. The predicted octanol–water partition coefficient (Wildman–Crippen LogP) is 2.21. The van der Waals surface area contributed by atoms with Crippen molar-refractivity contribution >= 4 is 10.9 Å². The Bertz CT molecular complexity index is 445. The lowest BCUT2D eigenvalue weighted by Crippen LogP contribution is -2.16. The molecule has 0 bridgehead atoms. The van der Waals surface area contributed by atoms with Crippen LogP contribution in [-0.4, -0.2) is 9.55 Å². The second-order valence-corrected chi connectivity index (χ2v) is 3.59. The van der Waals surface area contributed by atoms with Crippen LogP contribution >= 0.6 is 0 Å². The van der Waals surface area contributed by atoms with Gasteiger partial charge in [-0.2, -0.15) is 0 Å². The van der Waals surface area contributed by atoms with Crippen LogP contribution in [0.3, 0.4) is 0 Å². The normalized spacial score (nSPS) is 13.4. The van der Waals surface area contributed by atoms with Crippen LogP contribution in [0, 0.1) is 6.92 Å². The maximum atomic E-state index is 6.02. The van der Waals surface area contributed by atoms with E-state index in [2.05, 4.69) is 29.6 Å². The third-order valence-corrected chi connectivity index (χ3v) is 2.61. The first-order chi connectivity index (χ1) is 6.74. The average molecular weight is 189 g/mol. The molecule has 74 valence electrons. The Morgan fingerprint density at radius 2 is 2.36 bits per heavy atom. The van der Waals surface area contributed by atoms with Gasteiger partial charge in [-0.25, -0.2) is 0 Å². The first-order valence-electron chi connectivity index (χ1n) is 4.90. The van der Waals surface area contributed by atoms with E-state index in [4.69, 9.17) is 5.73 Å². The highest BCUT2D eigenvalue weighted by molar-refractivity contribution is 5.82. The van der Waals surface area contributed by atoms with Crippen molar-refractivity contribution in [1.29, 1.82) is 0 Å². The SMILES string of the molecule is CCC(N)n1cc(C)c2cnccc21. The molecule has 0 aliphatic carbocycles. The molecule has 2 heterocycles. The number of rotatable bonds is 2. The van der Waals surface area contributed by atoms with Gasteiger partial charge in [-0.1, -0.05) is 6.92 Å². The summed E-state index contributed by atoms with van der Waals surface area (Å²) in [5.41, 5.74) is 8.42. The molecule has 1 unspecified atom stereocenters. The standard InChI is InChI=1S/C11H15N3/c1-3-11(12)14-7-8(2)9-6-13-5-4-10(9)14/h4-7,11H,3,12H2,1-2H3. The maximum Gasteiger partial charge on any atom is 0.0812 e. The summed E-state index contributed by atoms with van der Waals surface area (Å²) < 4.78 is 2.12. The van der Waals surface area contributed by atoms with Gasteiger partial charge in [-0.15, -0.1) is 0 Å². The van der Waals surface area contributed by atoms with Crippen molar-refractivity contribution < 1.29 is 0 Å². The smallest absolute Gasteiger partial charge is 0.0812 e. The molecule has 0 radical (unpaired) electrons. The van der Waals surface area contributed by atoms with Crippen molar-refractivity contribution in [3.05, 3.63) is 30.2 Å². The van der Waals surface area contributed by atoms with Crippen LogP contribution in [0.2, 0.25) is 0 Å². The van der Waals surface area contributed by atoms with Crippen molar-refractivity contribution in [2.75, 3.05) is 0 Å². The van der Waals surface area contributed by atoms with Crippen LogP contribution in [0.1, 0.15) is 25.1 Å². The van der Waals surface area contributed by atoms with E-state index in [-0.39, 0.29) is 6.17 Å². The molecule has 0 aromatic carbocycles. The molecule has 0 aliphatic heterocycles. The molecule has 0 aliphatic rings. The quantitative estimate of drug-likeness (QED) is 0.787. The minimum Gasteiger partial charge on any atom is -0.331 e. The Morgan fingerprint density at radius 1 is 1.57 bits per heavy atom. The van der Waals surface area contributed by atoms with Gasteiger partial charge in [0.05, 0.1) is 11.7 Å². The Kier molecular flexibility index (Phi) is 2.25. The van der Waals surface area contributed by atoms with Gasteiger partial charge in [-0.3, -0.25) is 4.98 Å². The highest BCUT2D eigenvalue weighted by Gasteiger charge is 2.08. The Hall–Kier alpha value is -1.35. The minimum absolute atomic E-state index is 0.0635. The number of nitrogens with zero attached hydrogens (tertiary/aromatic N) is 2. The van der Waals surface area contributed by atoms with E-state index >= 15 is 0 Å². The number of fused-ring (bicyclic) bond motifs is 1. The van der Waals surface area contributed by atoms with Crippen LogP contribution in [0.25, 0.3) is 10.9 Å². The summed E-state index contributed by atoms with van der Waals surface area (Å²) in [6.45, 7) is 4.18. The molecule has 0 amide bonds. The molecule has 0 saturated heterocycles. The summed E-state index contributed by atoms with van der Waals surface area (Å²) in [7, 11) is 0. The molecule has 3 heteroatoms. The number of pyridine rings is 1. The van der Waals surface area contributed by atoms with Crippen molar-refractivity contribution in [2.24, 2.45) is 5.73 Å².